The van der Waals surface area contributed by atoms with Crippen LogP contribution in [0.2, 0.25) is 0 Å². The summed E-state index contributed by atoms with van der Waals surface area (Å²) in [5.41, 5.74) is 1.84. The number of ether oxygens (including phenoxy) is 2. The molecule has 12 heteroatoms. The molecule has 3 N–H and O–H groups in total. The molecule has 1 unspecified atom stereocenters. The minimum Gasteiger partial charge on any atom is -0.457 e. The first-order valence-electron chi connectivity index (χ1n) is 10.3. The summed E-state index contributed by atoms with van der Waals surface area (Å²) in [5, 5.41) is 11.0. The van der Waals surface area contributed by atoms with Crippen LogP contribution in [0.5, 0.6) is 11.5 Å². The van der Waals surface area contributed by atoms with Gasteiger partial charge in [-0.3, -0.25) is 4.79 Å². The maximum absolute atomic E-state index is 13.3. The molecule has 1 fully saturated rings. The molecule has 0 saturated carbocycles. The van der Waals surface area contributed by atoms with Crippen LogP contribution in [0.3, 0.4) is 0 Å². The molecule has 1 aliphatic rings. The number of carbonyl (C=O) groups is 2. The van der Waals surface area contributed by atoms with Crippen LogP contribution in [0, 0.1) is 5.82 Å². The SMILES string of the molecule is CC(C)(C)OC(=O)N1CCN(S(=O)(=O)c2ccc(Oc3ccc(F)cc3)cc2)C(O)(C(N)=O)C1. The molecule has 3 rings (SSSR count). The van der Waals surface area contributed by atoms with E-state index < -0.39 is 52.3 Å². The molecular weight excluding hydrogens is 469 g/mol. The van der Waals surface area contributed by atoms with Gasteiger partial charge in [0.1, 0.15) is 22.9 Å². The Labute approximate surface area is 196 Å². The van der Waals surface area contributed by atoms with Crippen molar-refractivity contribution in [3.8, 4) is 11.5 Å². The zero-order valence-corrected chi connectivity index (χ0v) is 19.7. The van der Waals surface area contributed by atoms with Crippen LogP contribution >= 0.6 is 0 Å². The van der Waals surface area contributed by atoms with Crippen molar-refractivity contribution in [3.63, 3.8) is 0 Å². The van der Waals surface area contributed by atoms with Crippen LogP contribution in [0.4, 0.5) is 9.18 Å². The molecular formula is C22H26FN3O7S. The van der Waals surface area contributed by atoms with E-state index in [0.29, 0.717) is 10.1 Å². The summed E-state index contributed by atoms with van der Waals surface area (Å²) < 4.78 is 50.9. The molecule has 34 heavy (non-hydrogen) atoms. The van der Waals surface area contributed by atoms with Gasteiger partial charge in [0.05, 0.1) is 11.4 Å². The fraction of sp³-hybridized carbons (Fsp3) is 0.364. The Kier molecular flexibility index (Phi) is 6.87. The molecule has 2 aromatic carbocycles. The van der Waals surface area contributed by atoms with Gasteiger partial charge in [-0.15, -0.1) is 0 Å². The summed E-state index contributed by atoms with van der Waals surface area (Å²) in [7, 11) is -4.40. The normalized spacial score (nSPS) is 19.5. The lowest BCUT2D eigenvalue weighted by molar-refractivity contribution is -0.159. The van der Waals surface area contributed by atoms with Gasteiger partial charge < -0.3 is 25.2 Å². The zero-order valence-electron chi connectivity index (χ0n) is 18.9. The minimum atomic E-state index is -4.40. The lowest BCUT2D eigenvalue weighted by Crippen LogP contribution is -2.70. The first-order chi connectivity index (χ1) is 15.7. The Morgan fingerprint density at radius 2 is 1.56 bits per heavy atom. The number of primary amides is 1. The predicted octanol–water partition coefficient (Wildman–Crippen LogP) is 2.03. The highest BCUT2D eigenvalue weighted by molar-refractivity contribution is 7.89. The third-order valence-electron chi connectivity index (χ3n) is 4.90. The quantitative estimate of drug-likeness (QED) is 0.647. The highest BCUT2D eigenvalue weighted by Crippen LogP contribution is 2.30. The maximum atomic E-state index is 13.3. The van der Waals surface area contributed by atoms with Crippen LogP contribution in [0.15, 0.2) is 53.4 Å². The van der Waals surface area contributed by atoms with Gasteiger partial charge in [0.25, 0.3) is 5.91 Å². The first-order valence-corrected chi connectivity index (χ1v) is 11.7. The third-order valence-corrected chi connectivity index (χ3v) is 6.84. The number of halogens is 1. The molecule has 0 aliphatic carbocycles. The van der Waals surface area contributed by atoms with Crippen molar-refractivity contribution in [2.75, 3.05) is 19.6 Å². The molecule has 1 heterocycles. The number of benzene rings is 2. The van der Waals surface area contributed by atoms with E-state index in [1.54, 1.807) is 20.8 Å². The Morgan fingerprint density at radius 1 is 1.03 bits per heavy atom. The fourth-order valence-electron chi connectivity index (χ4n) is 3.27. The average molecular weight is 496 g/mol. The number of sulfonamides is 1. The van der Waals surface area contributed by atoms with E-state index in [4.69, 9.17) is 15.2 Å². The van der Waals surface area contributed by atoms with Gasteiger partial charge in [0, 0.05) is 13.1 Å². The first kappa shape index (κ1) is 25.4. The minimum absolute atomic E-state index is 0.129. The van der Waals surface area contributed by atoms with Crippen molar-refractivity contribution < 1.29 is 37.0 Å². The smallest absolute Gasteiger partial charge is 0.410 e. The van der Waals surface area contributed by atoms with Crippen LogP contribution in [-0.4, -0.2) is 65.7 Å². The molecule has 1 saturated heterocycles. The molecule has 0 aromatic heterocycles. The van der Waals surface area contributed by atoms with E-state index in [9.17, 15) is 27.5 Å². The second-order valence-corrected chi connectivity index (χ2v) is 10.5. The highest BCUT2D eigenvalue weighted by atomic mass is 32.2. The lowest BCUT2D eigenvalue weighted by Gasteiger charge is -2.44. The Bertz CT molecular complexity index is 1160. The van der Waals surface area contributed by atoms with E-state index in [2.05, 4.69) is 0 Å². The lowest BCUT2D eigenvalue weighted by atomic mass is 10.1. The number of amides is 2. The topological polar surface area (TPSA) is 139 Å². The monoisotopic (exact) mass is 495 g/mol. The van der Waals surface area contributed by atoms with Crippen LogP contribution in [0.1, 0.15) is 20.8 Å². The van der Waals surface area contributed by atoms with Gasteiger partial charge in [0.2, 0.25) is 15.7 Å². The third kappa shape index (κ3) is 5.46. The highest BCUT2D eigenvalue weighted by Gasteiger charge is 2.52. The fourth-order valence-corrected chi connectivity index (χ4v) is 4.87. The average Bonchev–Trinajstić information content (AvgIpc) is 2.74. The van der Waals surface area contributed by atoms with Crippen molar-refractivity contribution in [2.45, 2.75) is 37.0 Å². The molecule has 0 spiro atoms. The number of piperazine rings is 1. The zero-order chi connectivity index (χ0) is 25.3. The Morgan fingerprint density at radius 3 is 2.06 bits per heavy atom. The van der Waals surface area contributed by atoms with Gasteiger partial charge in [-0.2, -0.15) is 4.31 Å². The summed E-state index contributed by atoms with van der Waals surface area (Å²) in [6.45, 7) is 3.73. The number of β-amino-alcohol motifs (C(OH)–C–C–N with tert-alkyl or cyclic N) is 1. The van der Waals surface area contributed by atoms with E-state index in [1.807, 2.05) is 0 Å². The Balaban J connectivity index is 1.82. The van der Waals surface area contributed by atoms with E-state index >= 15 is 0 Å². The van der Waals surface area contributed by atoms with Crippen molar-refractivity contribution in [3.05, 3.63) is 54.3 Å². The van der Waals surface area contributed by atoms with Gasteiger partial charge >= 0.3 is 6.09 Å². The van der Waals surface area contributed by atoms with Crippen LogP contribution < -0.4 is 10.5 Å². The molecule has 1 atom stereocenters. The van der Waals surface area contributed by atoms with E-state index in [1.165, 1.54) is 48.5 Å². The standard InChI is InChI=1S/C22H26FN3O7S/c1-21(2,3)33-20(28)25-12-13-26(22(29,14-25)19(24)27)34(30,31)18-10-8-17(9-11-18)32-16-6-4-15(23)5-7-16/h4-11,29H,12-14H2,1-3H3,(H2,24,27). The number of nitrogens with two attached hydrogens (primary N) is 1. The number of nitrogens with zero attached hydrogens (tertiary/aromatic N) is 2. The summed E-state index contributed by atoms with van der Waals surface area (Å²) in [6, 6.07) is 10.5. The molecule has 1 aliphatic heterocycles. The number of hydrogen-bond acceptors (Lipinski definition) is 7. The van der Waals surface area contributed by atoms with E-state index in [-0.39, 0.29) is 17.2 Å². The number of hydrogen-bond donors (Lipinski definition) is 2. The molecule has 0 radical (unpaired) electrons. The molecule has 10 nitrogen and oxygen atoms in total. The van der Waals surface area contributed by atoms with Crippen molar-refractivity contribution in [1.82, 2.24) is 9.21 Å². The Hall–Kier alpha value is -3.22. The summed E-state index contributed by atoms with van der Waals surface area (Å²) in [4.78, 5) is 25.3. The van der Waals surface area contributed by atoms with E-state index in [0.717, 1.165) is 4.90 Å². The number of aliphatic hydroxyl groups is 1. The van der Waals surface area contributed by atoms with Gasteiger partial charge in [0.15, 0.2) is 0 Å². The summed E-state index contributed by atoms with van der Waals surface area (Å²) in [5.74, 6) is -1.13. The number of rotatable bonds is 5. The van der Waals surface area contributed by atoms with Crippen molar-refractivity contribution in [2.24, 2.45) is 5.73 Å². The molecule has 2 amide bonds. The molecule has 184 valence electrons. The second-order valence-electron chi connectivity index (χ2n) is 8.69. The van der Waals surface area contributed by atoms with Crippen LogP contribution in [-0.2, 0) is 19.6 Å². The predicted molar refractivity (Wildman–Crippen MR) is 119 cm³/mol. The molecule has 0 bridgehead atoms. The van der Waals surface area contributed by atoms with Crippen LogP contribution in [0.25, 0.3) is 0 Å². The summed E-state index contributed by atoms with van der Waals surface area (Å²) >= 11 is 0. The van der Waals surface area contributed by atoms with Gasteiger partial charge in [-0.05, 0) is 69.3 Å². The van der Waals surface area contributed by atoms with Gasteiger partial charge in [-0.25, -0.2) is 17.6 Å². The summed E-state index contributed by atoms with van der Waals surface area (Å²) in [6.07, 6.45) is -0.813. The number of carbonyl (C=O) groups excluding carboxylic acids is 2. The van der Waals surface area contributed by atoms with Crippen molar-refractivity contribution in [1.29, 1.82) is 0 Å². The second kappa shape index (κ2) is 9.20. The molecule has 2 aromatic rings. The largest absolute Gasteiger partial charge is 0.457 e. The maximum Gasteiger partial charge on any atom is 0.410 e. The van der Waals surface area contributed by atoms with Crippen molar-refractivity contribution >= 4 is 22.0 Å². The van der Waals surface area contributed by atoms with Gasteiger partial charge in [-0.1, -0.05) is 0 Å².